The summed E-state index contributed by atoms with van der Waals surface area (Å²) in [6.07, 6.45) is 4.56. The number of methoxy groups -OCH3 is 1. The molecule has 2 amide bonds. The normalized spacial score (nSPS) is 22.7. The molecular formula is C17H19N3O4. The number of carbonyl (C=O) groups is 2. The zero-order valence-corrected chi connectivity index (χ0v) is 13.4. The Kier molecular flexibility index (Phi) is 4.02. The number of hydrogen-bond donors (Lipinski definition) is 3. The van der Waals surface area contributed by atoms with E-state index in [1.54, 1.807) is 36.2 Å². The second-order valence-electron chi connectivity index (χ2n) is 5.88. The quantitative estimate of drug-likeness (QED) is 0.571. The molecule has 0 bridgehead atoms. The van der Waals surface area contributed by atoms with E-state index in [1.807, 2.05) is 0 Å². The number of allylic oxidation sites excluding steroid dienone is 1. The number of amides is 2. The van der Waals surface area contributed by atoms with E-state index < -0.39 is 12.1 Å². The number of primary amides is 1. The van der Waals surface area contributed by atoms with Crippen molar-refractivity contribution in [1.29, 1.82) is 0 Å². The fraction of sp³-hybridized carbons (Fsp3) is 0.294. The van der Waals surface area contributed by atoms with Gasteiger partial charge in [-0.15, -0.1) is 0 Å². The van der Waals surface area contributed by atoms with Crippen LogP contribution in [0.5, 0.6) is 5.75 Å². The summed E-state index contributed by atoms with van der Waals surface area (Å²) in [7, 11) is 1.54. The Balaban J connectivity index is 2.04. The number of nitrogens with one attached hydrogen (secondary N) is 1. The summed E-state index contributed by atoms with van der Waals surface area (Å²) in [5.74, 6) is -0.738. The summed E-state index contributed by atoms with van der Waals surface area (Å²) in [6.45, 7) is 1.77. The summed E-state index contributed by atoms with van der Waals surface area (Å²) in [6, 6.07) is 3.09. The van der Waals surface area contributed by atoms with Crippen LogP contribution >= 0.6 is 0 Å². The van der Waals surface area contributed by atoms with Crippen LogP contribution in [0.25, 0.3) is 0 Å². The van der Waals surface area contributed by atoms with Crippen molar-refractivity contribution in [3.05, 3.63) is 47.2 Å². The number of anilines is 1. The number of phenolic OH excluding ortho intramolecular Hbond substituents is 1. The highest BCUT2D eigenvalue weighted by molar-refractivity contribution is 6.03. The monoisotopic (exact) mass is 329 g/mol. The molecule has 126 valence electrons. The molecule has 0 radical (unpaired) electrons. The van der Waals surface area contributed by atoms with Crippen molar-refractivity contribution in [3.63, 3.8) is 0 Å². The maximum atomic E-state index is 12.9. The number of fused-ring (bicyclic) bond motifs is 2. The molecule has 7 heteroatoms. The van der Waals surface area contributed by atoms with E-state index in [0.29, 0.717) is 23.2 Å². The Bertz CT molecular complexity index is 769. The van der Waals surface area contributed by atoms with Crippen LogP contribution in [-0.4, -0.2) is 41.2 Å². The first kappa shape index (κ1) is 16.1. The van der Waals surface area contributed by atoms with E-state index in [2.05, 4.69) is 5.32 Å². The van der Waals surface area contributed by atoms with Crippen LogP contribution in [-0.2, 0) is 9.53 Å². The predicted octanol–water partition coefficient (Wildman–Crippen LogP) is 1.24. The number of aryl methyl sites for hydroxylation is 1. The summed E-state index contributed by atoms with van der Waals surface area (Å²) in [5, 5.41) is 13.4. The highest BCUT2D eigenvalue weighted by Crippen LogP contribution is 2.38. The molecule has 2 heterocycles. The molecule has 0 saturated heterocycles. The third-order valence-electron chi connectivity index (χ3n) is 4.30. The molecule has 4 N–H and O–H groups in total. The number of ether oxygens (including phenoxy) is 1. The van der Waals surface area contributed by atoms with Gasteiger partial charge in [0.1, 0.15) is 12.0 Å². The van der Waals surface area contributed by atoms with Gasteiger partial charge in [-0.05, 0) is 30.5 Å². The fourth-order valence-electron chi connectivity index (χ4n) is 3.04. The van der Waals surface area contributed by atoms with Crippen LogP contribution in [0.2, 0.25) is 0 Å². The minimum absolute atomic E-state index is 0.0434. The molecule has 1 aromatic rings. The van der Waals surface area contributed by atoms with Crippen LogP contribution in [0.3, 0.4) is 0 Å². The molecule has 7 nitrogen and oxygen atoms in total. The van der Waals surface area contributed by atoms with Gasteiger partial charge in [-0.1, -0.05) is 12.1 Å². The maximum absolute atomic E-state index is 12.9. The van der Waals surface area contributed by atoms with Gasteiger partial charge in [0.15, 0.2) is 0 Å². The van der Waals surface area contributed by atoms with Crippen LogP contribution in [0.1, 0.15) is 22.3 Å². The van der Waals surface area contributed by atoms with Crippen molar-refractivity contribution < 1.29 is 19.4 Å². The summed E-state index contributed by atoms with van der Waals surface area (Å²) in [5.41, 5.74) is 7.35. The molecule has 3 rings (SSSR count). The Hall–Kier alpha value is -2.80. The summed E-state index contributed by atoms with van der Waals surface area (Å²) < 4.78 is 5.49. The van der Waals surface area contributed by atoms with Gasteiger partial charge in [-0.25, -0.2) is 0 Å². The Morgan fingerprint density at radius 3 is 2.92 bits per heavy atom. The van der Waals surface area contributed by atoms with Crippen molar-refractivity contribution in [3.8, 4) is 5.75 Å². The molecule has 2 atom stereocenters. The third kappa shape index (κ3) is 2.63. The van der Waals surface area contributed by atoms with E-state index >= 15 is 0 Å². The average Bonchev–Trinajstić information content (AvgIpc) is 2.93. The second kappa shape index (κ2) is 6.01. The lowest BCUT2D eigenvalue weighted by atomic mass is 10.1. The van der Waals surface area contributed by atoms with Crippen molar-refractivity contribution in [2.24, 2.45) is 5.73 Å². The van der Waals surface area contributed by atoms with Crippen molar-refractivity contribution in [1.82, 2.24) is 4.90 Å². The smallest absolute Gasteiger partial charge is 0.260 e. The zero-order chi connectivity index (χ0) is 17.4. The van der Waals surface area contributed by atoms with E-state index in [-0.39, 0.29) is 17.7 Å². The molecule has 0 aromatic heterocycles. The fourth-order valence-corrected chi connectivity index (χ4v) is 3.04. The number of hydrogen-bond acceptors (Lipinski definition) is 5. The van der Waals surface area contributed by atoms with E-state index in [9.17, 15) is 14.7 Å². The number of aromatic hydroxyl groups is 1. The van der Waals surface area contributed by atoms with Gasteiger partial charge in [-0.3, -0.25) is 9.59 Å². The van der Waals surface area contributed by atoms with Gasteiger partial charge < -0.3 is 25.8 Å². The number of phenols is 1. The molecule has 0 spiro atoms. The molecule has 2 aliphatic heterocycles. The Labute approximate surface area is 139 Å². The van der Waals surface area contributed by atoms with Crippen molar-refractivity contribution in [2.75, 3.05) is 12.4 Å². The Morgan fingerprint density at radius 2 is 2.25 bits per heavy atom. The van der Waals surface area contributed by atoms with Crippen LogP contribution in [0.4, 0.5) is 5.69 Å². The third-order valence-corrected chi connectivity index (χ3v) is 4.30. The molecule has 0 fully saturated rings. The van der Waals surface area contributed by atoms with Gasteiger partial charge in [0, 0.05) is 19.4 Å². The van der Waals surface area contributed by atoms with Crippen LogP contribution < -0.4 is 11.1 Å². The average molecular weight is 329 g/mol. The van der Waals surface area contributed by atoms with E-state index in [4.69, 9.17) is 10.5 Å². The minimum Gasteiger partial charge on any atom is -0.505 e. The molecular weight excluding hydrogens is 310 g/mol. The van der Waals surface area contributed by atoms with E-state index in [0.717, 1.165) is 5.57 Å². The molecule has 2 aliphatic rings. The number of nitrogens with zero attached hydrogens (tertiary/aromatic N) is 1. The highest BCUT2D eigenvalue weighted by Gasteiger charge is 2.40. The van der Waals surface area contributed by atoms with Gasteiger partial charge >= 0.3 is 0 Å². The summed E-state index contributed by atoms with van der Waals surface area (Å²) >= 11 is 0. The number of rotatable bonds is 3. The lowest BCUT2D eigenvalue weighted by molar-refractivity contribution is -0.113. The predicted molar refractivity (Wildman–Crippen MR) is 88.3 cm³/mol. The second-order valence-corrected chi connectivity index (χ2v) is 5.88. The summed E-state index contributed by atoms with van der Waals surface area (Å²) in [4.78, 5) is 25.4. The van der Waals surface area contributed by atoms with Crippen molar-refractivity contribution in [2.45, 2.75) is 25.6 Å². The first-order valence-electron chi connectivity index (χ1n) is 7.55. The lowest BCUT2D eigenvalue weighted by Gasteiger charge is -2.27. The zero-order valence-electron chi connectivity index (χ0n) is 13.4. The molecule has 1 aromatic carbocycles. The molecule has 2 unspecified atom stereocenters. The largest absolute Gasteiger partial charge is 0.505 e. The number of carbonyl (C=O) groups excluding carboxylic acids is 2. The van der Waals surface area contributed by atoms with Crippen LogP contribution in [0, 0.1) is 6.92 Å². The standard InChI is InChI=1S/C17H19N3O4/c1-9-3-5-11-14(15(9)22)19-16(24-2)12-7-10(4-6-13(18)21)8-20(12)17(11)23/h3-6,8,12,16,19,22H,7H2,1-2H3,(H2,18,21)/b6-4+. The lowest BCUT2D eigenvalue weighted by Crippen LogP contribution is -2.43. The number of benzene rings is 1. The molecule has 0 aliphatic carbocycles. The number of nitrogens with two attached hydrogens (primary N) is 1. The minimum atomic E-state index is -0.545. The van der Waals surface area contributed by atoms with Crippen LogP contribution in [0.15, 0.2) is 36.1 Å². The first-order chi connectivity index (χ1) is 11.4. The van der Waals surface area contributed by atoms with E-state index in [1.165, 1.54) is 13.2 Å². The Morgan fingerprint density at radius 1 is 1.50 bits per heavy atom. The van der Waals surface area contributed by atoms with Gasteiger partial charge in [0.05, 0.1) is 17.3 Å². The highest BCUT2D eigenvalue weighted by atomic mass is 16.5. The topological polar surface area (TPSA) is 105 Å². The van der Waals surface area contributed by atoms with Gasteiger partial charge in [0.2, 0.25) is 5.91 Å². The molecule has 0 saturated carbocycles. The van der Waals surface area contributed by atoms with Gasteiger partial charge in [0.25, 0.3) is 5.91 Å². The van der Waals surface area contributed by atoms with Gasteiger partial charge in [-0.2, -0.15) is 0 Å². The van der Waals surface area contributed by atoms with Crippen molar-refractivity contribution >= 4 is 17.5 Å². The SMILES string of the molecule is COC1Nc2c(ccc(C)c2O)C(=O)N2C=C(/C=C/C(N)=O)CC12. The molecule has 24 heavy (non-hydrogen) atoms. The first-order valence-corrected chi connectivity index (χ1v) is 7.55. The maximum Gasteiger partial charge on any atom is 0.260 e.